The van der Waals surface area contributed by atoms with Gasteiger partial charge in [-0.25, -0.2) is 9.97 Å². The fourth-order valence-electron chi connectivity index (χ4n) is 3.57. The highest BCUT2D eigenvalue weighted by Gasteiger charge is 2.48. The summed E-state index contributed by atoms with van der Waals surface area (Å²) in [7, 11) is 0. The summed E-state index contributed by atoms with van der Waals surface area (Å²) in [6.45, 7) is 2.17. The zero-order chi connectivity index (χ0) is 12.9. The number of rotatable bonds is 3. The first-order valence-corrected chi connectivity index (χ1v) is 7.37. The molecule has 2 aliphatic rings. The minimum absolute atomic E-state index is 0.597. The highest BCUT2D eigenvalue weighted by molar-refractivity contribution is 5.90. The lowest BCUT2D eigenvalue weighted by Crippen LogP contribution is -2.17. The summed E-state index contributed by atoms with van der Waals surface area (Å²) in [6, 6.07) is 0.597. The van der Waals surface area contributed by atoms with Crippen LogP contribution in [0.2, 0.25) is 0 Å². The molecule has 2 aromatic rings. The van der Waals surface area contributed by atoms with Crippen molar-refractivity contribution >= 4 is 16.9 Å². The minimum Gasteiger partial charge on any atom is -0.367 e. The van der Waals surface area contributed by atoms with Gasteiger partial charge in [0.2, 0.25) is 0 Å². The normalized spacial score (nSPS) is 24.2. The Bertz CT molecular complexity index is 612. The van der Waals surface area contributed by atoms with Crippen molar-refractivity contribution in [2.45, 2.75) is 51.5 Å². The van der Waals surface area contributed by atoms with Crippen molar-refractivity contribution in [1.82, 2.24) is 15.0 Å². The van der Waals surface area contributed by atoms with Crippen LogP contribution < -0.4 is 5.32 Å². The molecular weight excluding hydrogens is 236 g/mol. The van der Waals surface area contributed by atoms with Gasteiger partial charge in [0, 0.05) is 12.2 Å². The third-order valence-corrected chi connectivity index (χ3v) is 4.93. The molecule has 0 aliphatic heterocycles. The molecule has 2 N–H and O–H groups in total. The van der Waals surface area contributed by atoms with Crippen LogP contribution in [0.1, 0.15) is 44.6 Å². The summed E-state index contributed by atoms with van der Waals surface area (Å²) in [6.07, 6.45) is 11.6. The molecule has 100 valence electrons. The van der Waals surface area contributed by atoms with Gasteiger partial charge in [-0.15, -0.1) is 0 Å². The Hall–Kier alpha value is -1.58. The quantitative estimate of drug-likeness (QED) is 0.886. The smallest absolute Gasteiger partial charge is 0.143 e. The number of anilines is 1. The van der Waals surface area contributed by atoms with E-state index < -0.39 is 0 Å². The van der Waals surface area contributed by atoms with E-state index in [0.29, 0.717) is 11.5 Å². The van der Waals surface area contributed by atoms with Gasteiger partial charge in [0.25, 0.3) is 0 Å². The van der Waals surface area contributed by atoms with Gasteiger partial charge in [-0.05, 0) is 49.5 Å². The van der Waals surface area contributed by atoms with Crippen LogP contribution in [0.25, 0.3) is 11.0 Å². The van der Waals surface area contributed by atoms with Crippen molar-refractivity contribution in [2.75, 3.05) is 5.32 Å². The highest BCUT2D eigenvalue weighted by Crippen LogP contribution is 2.58. The second-order valence-electron chi connectivity index (χ2n) is 6.20. The van der Waals surface area contributed by atoms with E-state index in [0.717, 1.165) is 17.9 Å². The molecule has 0 aromatic carbocycles. The molecule has 2 heterocycles. The van der Waals surface area contributed by atoms with Crippen molar-refractivity contribution < 1.29 is 0 Å². The van der Waals surface area contributed by atoms with E-state index in [1.165, 1.54) is 43.1 Å². The van der Waals surface area contributed by atoms with Crippen LogP contribution >= 0.6 is 0 Å². The number of H-pyrrole nitrogens is 1. The van der Waals surface area contributed by atoms with E-state index in [9.17, 15) is 0 Å². The van der Waals surface area contributed by atoms with Gasteiger partial charge < -0.3 is 10.3 Å². The monoisotopic (exact) mass is 256 g/mol. The number of fused-ring (bicyclic) bond motifs is 1. The number of aromatic nitrogens is 3. The van der Waals surface area contributed by atoms with E-state index in [1.807, 2.05) is 0 Å². The molecule has 4 nitrogen and oxygen atoms in total. The Labute approximate surface area is 113 Å². The standard InChI is InChI=1S/C15H20N4/c1-2-10-8-16-13-12(10)14(18-9-17-13)19-11-3-4-15(7-11)5-6-15/h8-9,11H,2-7H2,1H3,(H2,16,17,18,19). The Balaban J connectivity index is 1.65. The summed E-state index contributed by atoms with van der Waals surface area (Å²) in [5.74, 6) is 1.02. The first-order valence-electron chi connectivity index (χ1n) is 7.37. The number of aryl methyl sites for hydroxylation is 1. The largest absolute Gasteiger partial charge is 0.367 e. The number of nitrogens with one attached hydrogen (secondary N) is 2. The lowest BCUT2D eigenvalue weighted by Gasteiger charge is -2.14. The van der Waals surface area contributed by atoms with Crippen LogP contribution in [-0.2, 0) is 6.42 Å². The zero-order valence-electron chi connectivity index (χ0n) is 11.4. The SMILES string of the molecule is CCc1c[nH]c2ncnc(NC3CCC4(CC4)C3)c12. The van der Waals surface area contributed by atoms with Crippen LogP contribution in [0, 0.1) is 5.41 Å². The van der Waals surface area contributed by atoms with Crippen molar-refractivity contribution in [3.63, 3.8) is 0 Å². The average Bonchev–Trinajstić information content (AvgIpc) is 2.86. The molecule has 2 fully saturated rings. The maximum atomic E-state index is 4.48. The maximum Gasteiger partial charge on any atom is 0.143 e. The second-order valence-corrected chi connectivity index (χ2v) is 6.20. The van der Waals surface area contributed by atoms with Crippen molar-refractivity contribution in [3.05, 3.63) is 18.1 Å². The number of hydrogen-bond donors (Lipinski definition) is 2. The van der Waals surface area contributed by atoms with Gasteiger partial charge in [0.05, 0.1) is 5.39 Å². The molecule has 0 saturated heterocycles. The van der Waals surface area contributed by atoms with Crippen molar-refractivity contribution in [1.29, 1.82) is 0 Å². The van der Waals surface area contributed by atoms with Crippen LogP contribution in [0.5, 0.6) is 0 Å². The summed E-state index contributed by atoms with van der Waals surface area (Å²) in [4.78, 5) is 12.0. The van der Waals surface area contributed by atoms with Crippen LogP contribution in [0.3, 0.4) is 0 Å². The van der Waals surface area contributed by atoms with Gasteiger partial charge in [-0.1, -0.05) is 6.92 Å². The molecule has 4 rings (SSSR count). The fourth-order valence-corrected chi connectivity index (χ4v) is 3.57. The van der Waals surface area contributed by atoms with Gasteiger partial charge in [-0.2, -0.15) is 0 Å². The van der Waals surface area contributed by atoms with E-state index in [1.54, 1.807) is 6.33 Å². The fraction of sp³-hybridized carbons (Fsp3) is 0.600. The van der Waals surface area contributed by atoms with Crippen LogP contribution in [-0.4, -0.2) is 21.0 Å². The Morgan fingerprint density at radius 2 is 2.26 bits per heavy atom. The summed E-state index contributed by atoms with van der Waals surface area (Å²) >= 11 is 0. The van der Waals surface area contributed by atoms with Gasteiger partial charge >= 0.3 is 0 Å². The third kappa shape index (κ3) is 1.81. The molecule has 0 bridgehead atoms. The molecule has 2 aliphatic carbocycles. The lowest BCUT2D eigenvalue weighted by atomic mass is 10.1. The number of aromatic amines is 1. The minimum atomic E-state index is 0.597. The molecule has 2 saturated carbocycles. The second kappa shape index (κ2) is 3.95. The van der Waals surface area contributed by atoms with Gasteiger partial charge in [0.1, 0.15) is 17.8 Å². The van der Waals surface area contributed by atoms with Gasteiger partial charge in [-0.3, -0.25) is 0 Å². The molecule has 0 amide bonds. The molecule has 1 unspecified atom stereocenters. The Morgan fingerprint density at radius 1 is 1.37 bits per heavy atom. The van der Waals surface area contributed by atoms with E-state index in [4.69, 9.17) is 0 Å². The molecule has 4 heteroatoms. The van der Waals surface area contributed by atoms with E-state index in [2.05, 4.69) is 33.4 Å². The predicted molar refractivity (Wildman–Crippen MR) is 76.2 cm³/mol. The number of hydrogen-bond acceptors (Lipinski definition) is 3. The summed E-state index contributed by atoms with van der Waals surface area (Å²) in [5.41, 5.74) is 2.96. The maximum absolute atomic E-state index is 4.48. The Morgan fingerprint density at radius 3 is 3.00 bits per heavy atom. The average molecular weight is 256 g/mol. The highest BCUT2D eigenvalue weighted by atomic mass is 15.1. The zero-order valence-corrected chi connectivity index (χ0v) is 11.4. The van der Waals surface area contributed by atoms with Gasteiger partial charge in [0.15, 0.2) is 0 Å². The third-order valence-electron chi connectivity index (χ3n) is 4.93. The molecular formula is C15H20N4. The molecule has 19 heavy (non-hydrogen) atoms. The summed E-state index contributed by atoms with van der Waals surface area (Å²) in [5, 5.41) is 4.85. The molecule has 2 aromatic heterocycles. The van der Waals surface area contributed by atoms with E-state index in [-0.39, 0.29) is 0 Å². The van der Waals surface area contributed by atoms with Crippen LogP contribution in [0.15, 0.2) is 12.5 Å². The first kappa shape index (κ1) is 11.3. The topological polar surface area (TPSA) is 53.6 Å². The van der Waals surface area contributed by atoms with Crippen molar-refractivity contribution in [3.8, 4) is 0 Å². The lowest BCUT2D eigenvalue weighted by molar-refractivity contribution is 0.528. The summed E-state index contributed by atoms with van der Waals surface area (Å²) < 4.78 is 0. The van der Waals surface area contributed by atoms with E-state index >= 15 is 0 Å². The molecule has 1 atom stereocenters. The molecule has 1 spiro atoms. The number of nitrogens with zero attached hydrogens (tertiary/aromatic N) is 2. The Kier molecular flexibility index (Phi) is 2.34. The van der Waals surface area contributed by atoms with Crippen molar-refractivity contribution in [2.24, 2.45) is 5.41 Å². The molecule has 0 radical (unpaired) electrons. The predicted octanol–water partition coefficient (Wildman–Crippen LogP) is 3.26. The van der Waals surface area contributed by atoms with Crippen LogP contribution in [0.4, 0.5) is 5.82 Å². The first-order chi connectivity index (χ1) is 9.30.